The van der Waals surface area contributed by atoms with Gasteiger partial charge >= 0.3 is 0 Å². The van der Waals surface area contributed by atoms with E-state index in [1.54, 1.807) is 0 Å². The number of Topliss-reactive ketones (excluding diaryl/α,β-unsaturated/α-hetero) is 1. The highest BCUT2D eigenvalue weighted by atomic mass is 16.1. The van der Waals surface area contributed by atoms with E-state index in [4.69, 9.17) is 0 Å². The molecule has 0 saturated heterocycles. The summed E-state index contributed by atoms with van der Waals surface area (Å²) in [5.74, 6) is 0.337. The largest absolute Gasteiger partial charge is 0.293 e. The average Bonchev–Trinajstić information content (AvgIpc) is 3.09. The maximum Gasteiger partial charge on any atom is 0.173 e. The van der Waals surface area contributed by atoms with Gasteiger partial charge in [0.25, 0.3) is 0 Å². The summed E-state index contributed by atoms with van der Waals surface area (Å²) in [6, 6.07) is 16.7. The fourth-order valence-electron chi connectivity index (χ4n) is 4.20. The van der Waals surface area contributed by atoms with Crippen molar-refractivity contribution in [2.45, 2.75) is 32.6 Å². The van der Waals surface area contributed by atoms with Gasteiger partial charge in [-0.3, -0.25) is 4.79 Å². The molecule has 1 unspecified atom stereocenters. The van der Waals surface area contributed by atoms with E-state index < -0.39 is 0 Å². The van der Waals surface area contributed by atoms with E-state index in [-0.39, 0.29) is 5.41 Å². The Morgan fingerprint density at radius 1 is 1.00 bits per heavy atom. The molecule has 0 spiro atoms. The van der Waals surface area contributed by atoms with Crippen molar-refractivity contribution in [3.8, 4) is 0 Å². The summed E-state index contributed by atoms with van der Waals surface area (Å²) >= 11 is 0. The maximum absolute atomic E-state index is 13.2. The Morgan fingerprint density at radius 2 is 1.73 bits per heavy atom. The molecule has 0 heterocycles. The van der Waals surface area contributed by atoms with Crippen LogP contribution in [0.15, 0.2) is 54.1 Å². The molecule has 4 rings (SSSR count). The Hall–Kier alpha value is -2.15. The molecule has 0 bridgehead atoms. The van der Waals surface area contributed by atoms with E-state index in [1.807, 2.05) is 18.2 Å². The number of allylic oxidation sites excluding steroid dienone is 1. The van der Waals surface area contributed by atoms with Crippen LogP contribution in [0.2, 0.25) is 0 Å². The third kappa shape index (κ3) is 1.81. The first kappa shape index (κ1) is 13.5. The van der Waals surface area contributed by atoms with Crippen molar-refractivity contribution in [1.29, 1.82) is 0 Å². The third-order valence-electron chi connectivity index (χ3n) is 5.25. The van der Waals surface area contributed by atoms with Gasteiger partial charge in [-0.05, 0) is 36.0 Å². The lowest BCUT2D eigenvalue weighted by Gasteiger charge is -2.29. The van der Waals surface area contributed by atoms with E-state index >= 15 is 0 Å². The van der Waals surface area contributed by atoms with Crippen molar-refractivity contribution in [1.82, 2.24) is 0 Å². The fourth-order valence-corrected chi connectivity index (χ4v) is 4.20. The van der Waals surface area contributed by atoms with Gasteiger partial charge in [-0.1, -0.05) is 73.5 Å². The van der Waals surface area contributed by atoms with Crippen LogP contribution in [0, 0.1) is 5.41 Å². The van der Waals surface area contributed by atoms with Crippen LogP contribution in [0.5, 0.6) is 0 Å². The zero-order valence-electron chi connectivity index (χ0n) is 12.9. The first-order valence-corrected chi connectivity index (χ1v) is 8.16. The van der Waals surface area contributed by atoms with E-state index in [1.165, 1.54) is 22.3 Å². The molecular formula is C21H20O. The molecule has 2 aliphatic carbocycles. The van der Waals surface area contributed by atoms with Gasteiger partial charge in [-0.15, -0.1) is 0 Å². The summed E-state index contributed by atoms with van der Waals surface area (Å²) in [5.41, 5.74) is 5.81. The van der Waals surface area contributed by atoms with Crippen molar-refractivity contribution in [2.24, 2.45) is 5.41 Å². The molecule has 1 atom stereocenters. The molecule has 1 heteroatoms. The van der Waals surface area contributed by atoms with Gasteiger partial charge in [-0.25, -0.2) is 0 Å². The molecule has 1 nitrogen and oxygen atoms in total. The van der Waals surface area contributed by atoms with Gasteiger partial charge in [0.15, 0.2) is 5.78 Å². The minimum atomic E-state index is -0.308. The number of carbonyl (C=O) groups excluding carboxylic acids is 1. The molecular weight excluding hydrogens is 268 g/mol. The van der Waals surface area contributed by atoms with Gasteiger partial charge in [0, 0.05) is 5.56 Å². The molecule has 0 fully saturated rings. The number of fused-ring (bicyclic) bond motifs is 2. The van der Waals surface area contributed by atoms with E-state index in [0.717, 1.165) is 31.2 Å². The summed E-state index contributed by atoms with van der Waals surface area (Å²) in [6.07, 6.45) is 6.05. The van der Waals surface area contributed by atoms with Crippen LogP contribution >= 0.6 is 0 Å². The minimum absolute atomic E-state index is 0.308. The van der Waals surface area contributed by atoms with Gasteiger partial charge in [0.2, 0.25) is 0 Å². The highest BCUT2D eigenvalue weighted by Gasteiger charge is 2.47. The molecule has 0 aromatic heterocycles. The van der Waals surface area contributed by atoms with Crippen molar-refractivity contribution >= 4 is 11.9 Å². The molecule has 22 heavy (non-hydrogen) atoms. The average molecular weight is 288 g/mol. The van der Waals surface area contributed by atoms with E-state index in [2.05, 4.69) is 43.3 Å². The second-order valence-corrected chi connectivity index (χ2v) is 6.54. The summed E-state index contributed by atoms with van der Waals surface area (Å²) in [6.45, 7) is 2.18. The Kier molecular flexibility index (Phi) is 3.04. The van der Waals surface area contributed by atoms with Crippen molar-refractivity contribution in [2.75, 3.05) is 0 Å². The Balaban J connectivity index is 1.80. The summed E-state index contributed by atoms with van der Waals surface area (Å²) < 4.78 is 0. The smallest absolute Gasteiger partial charge is 0.173 e. The molecule has 0 aliphatic heterocycles. The van der Waals surface area contributed by atoms with Crippen LogP contribution in [0.1, 0.15) is 46.8 Å². The highest BCUT2D eigenvalue weighted by Crippen LogP contribution is 2.49. The maximum atomic E-state index is 13.2. The fraction of sp³-hybridized carbons (Fsp3) is 0.286. The Labute approximate surface area is 131 Å². The van der Waals surface area contributed by atoms with Crippen LogP contribution in [0.3, 0.4) is 0 Å². The quantitative estimate of drug-likeness (QED) is 0.789. The number of benzene rings is 2. The van der Waals surface area contributed by atoms with Gasteiger partial charge in [0.1, 0.15) is 0 Å². The summed E-state index contributed by atoms with van der Waals surface area (Å²) in [5, 5.41) is 0. The SMILES string of the molecule is CCCC1(C2=Cc3ccccc3C2)Cc2ccccc2C1=O. The Bertz CT molecular complexity index is 784. The number of hydrogen-bond acceptors (Lipinski definition) is 1. The predicted molar refractivity (Wildman–Crippen MR) is 89.9 cm³/mol. The lowest BCUT2D eigenvalue weighted by molar-refractivity contribution is 0.0850. The molecule has 0 N–H and O–H groups in total. The van der Waals surface area contributed by atoms with Gasteiger partial charge in [0.05, 0.1) is 5.41 Å². The molecule has 2 aromatic rings. The van der Waals surface area contributed by atoms with Gasteiger partial charge < -0.3 is 0 Å². The third-order valence-corrected chi connectivity index (χ3v) is 5.25. The van der Waals surface area contributed by atoms with Crippen molar-refractivity contribution < 1.29 is 4.79 Å². The van der Waals surface area contributed by atoms with Crippen molar-refractivity contribution in [3.63, 3.8) is 0 Å². The zero-order chi connectivity index (χ0) is 15.2. The topological polar surface area (TPSA) is 17.1 Å². The molecule has 2 aliphatic rings. The normalized spacial score (nSPS) is 22.4. The van der Waals surface area contributed by atoms with E-state index in [0.29, 0.717) is 5.78 Å². The number of carbonyl (C=O) groups is 1. The van der Waals surface area contributed by atoms with Crippen LogP contribution in [-0.4, -0.2) is 5.78 Å². The van der Waals surface area contributed by atoms with Crippen molar-refractivity contribution in [3.05, 3.63) is 76.4 Å². The van der Waals surface area contributed by atoms with E-state index in [9.17, 15) is 4.79 Å². The predicted octanol–water partition coefficient (Wildman–Crippen LogP) is 4.85. The lowest BCUT2D eigenvalue weighted by atomic mass is 9.72. The minimum Gasteiger partial charge on any atom is -0.293 e. The first-order chi connectivity index (χ1) is 10.7. The zero-order valence-corrected chi connectivity index (χ0v) is 12.9. The molecule has 0 radical (unpaired) electrons. The van der Waals surface area contributed by atoms with Crippen LogP contribution in [0.25, 0.3) is 6.08 Å². The monoisotopic (exact) mass is 288 g/mol. The second-order valence-electron chi connectivity index (χ2n) is 6.54. The standard InChI is InChI=1S/C21H20O/c1-2-11-21(14-17-9-5-6-10-19(17)20(21)22)18-12-15-7-3-4-8-16(15)13-18/h3-10,12H,2,11,13-14H2,1H3. The number of ketones is 1. The highest BCUT2D eigenvalue weighted by molar-refractivity contribution is 6.07. The molecule has 110 valence electrons. The number of hydrogen-bond donors (Lipinski definition) is 0. The molecule has 0 amide bonds. The number of rotatable bonds is 3. The lowest BCUT2D eigenvalue weighted by Crippen LogP contribution is -2.30. The van der Waals surface area contributed by atoms with Gasteiger partial charge in [-0.2, -0.15) is 0 Å². The Morgan fingerprint density at radius 3 is 2.45 bits per heavy atom. The second kappa shape index (κ2) is 4.95. The molecule has 0 saturated carbocycles. The molecule has 2 aromatic carbocycles. The van der Waals surface area contributed by atoms with Crippen LogP contribution < -0.4 is 0 Å². The summed E-state index contributed by atoms with van der Waals surface area (Å²) in [4.78, 5) is 13.2. The van der Waals surface area contributed by atoms with Crippen LogP contribution in [-0.2, 0) is 12.8 Å². The summed E-state index contributed by atoms with van der Waals surface area (Å²) in [7, 11) is 0. The first-order valence-electron chi connectivity index (χ1n) is 8.16. The van der Waals surface area contributed by atoms with Crippen LogP contribution in [0.4, 0.5) is 0 Å².